The molecule has 7 N–H and O–H groups in total. The van der Waals surface area contributed by atoms with Crippen LogP contribution in [0.4, 0.5) is 13.2 Å². The number of aliphatic hydroxyl groups is 3. The minimum atomic E-state index is -4.23. The second kappa shape index (κ2) is 10.4. The molecular weight excluding hydrogens is 569 g/mol. The van der Waals surface area contributed by atoms with Crippen molar-refractivity contribution >= 4 is 17.3 Å². The predicted molar refractivity (Wildman–Crippen MR) is 151 cm³/mol. The van der Waals surface area contributed by atoms with E-state index in [2.05, 4.69) is 11.9 Å². The number of aromatic hydroxyl groups is 1. The Morgan fingerprint density at radius 3 is 2.37 bits per heavy atom. The lowest BCUT2D eigenvalue weighted by molar-refractivity contribution is -0.185. The summed E-state index contributed by atoms with van der Waals surface area (Å²) in [6.07, 6.45) is -4.17. The third-order valence-electron chi connectivity index (χ3n) is 9.71. The predicted octanol–water partition coefficient (Wildman–Crippen LogP) is 2.07. The van der Waals surface area contributed by atoms with E-state index in [9.17, 15) is 43.2 Å². The number of carbonyl (C=O) groups excluding carboxylic acids is 2. The zero-order valence-corrected chi connectivity index (χ0v) is 24.3. The Kier molecular flexibility index (Phi) is 7.48. The summed E-state index contributed by atoms with van der Waals surface area (Å²) in [4.78, 5) is 29.6. The first kappa shape index (κ1) is 31.0. The lowest BCUT2D eigenvalue weighted by Gasteiger charge is -2.57. The van der Waals surface area contributed by atoms with Crippen LogP contribution in [0.2, 0.25) is 0 Å². The fourth-order valence-electron chi connectivity index (χ4n) is 7.62. The SMILES string of the molecule is C=C1C2=C(O)[C@]3(O)C(O)=C(C(=O)NC)C(=O)C(N(C)C)[C@]3(N)C[C@@H]2Cc2c(CN3CCC(C(F)(F)F)CC3)ccc(O)c21. The molecule has 43 heavy (non-hydrogen) atoms. The van der Waals surface area contributed by atoms with Crippen LogP contribution >= 0.6 is 0 Å². The van der Waals surface area contributed by atoms with Crippen LogP contribution in [-0.4, -0.2) is 99.5 Å². The Hall–Kier alpha value is -3.39. The summed E-state index contributed by atoms with van der Waals surface area (Å²) in [6.45, 7) is 4.94. The minimum Gasteiger partial charge on any atom is -0.508 e. The normalized spacial score (nSPS) is 30.3. The van der Waals surface area contributed by atoms with Crippen molar-refractivity contribution in [3.63, 3.8) is 0 Å². The number of hydrogen-bond donors (Lipinski definition) is 6. The molecule has 0 spiro atoms. The molecule has 0 radical (unpaired) electrons. The number of allylic oxidation sites excluding steroid dienone is 2. The van der Waals surface area contributed by atoms with Gasteiger partial charge in [-0.05, 0) is 81.6 Å². The van der Waals surface area contributed by atoms with Crippen molar-refractivity contribution in [3.8, 4) is 5.75 Å². The van der Waals surface area contributed by atoms with Gasteiger partial charge in [-0.3, -0.25) is 19.4 Å². The number of alkyl halides is 3. The first-order valence-corrected chi connectivity index (χ1v) is 14.1. The zero-order valence-electron chi connectivity index (χ0n) is 24.3. The number of aliphatic hydroxyl groups excluding tert-OH is 2. The number of halogens is 3. The Morgan fingerprint density at radius 1 is 1.19 bits per heavy atom. The number of nitrogens with two attached hydrogens (primary N) is 1. The molecule has 3 aliphatic carbocycles. The third-order valence-corrected chi connectivity index (χ3v) is 9.71. The van der Waals surface area contributed by atoms with Crippen LogP contribution in [0, 0.1) is 11.8 Å². The van der Waals surface area contributed by atoms with E-state index in [0.29, 0.717) is 17.7 Å². The molecule has 1 aromatic rings. The highest BCUT2D eigenvalue weighted by Crippen LogP contribution is 2.57. The first-order chi connectivity index (χ1) is 20.0. The van der Waals surface area contributed by atoms with E-state index >= 15 is 0 Å². The molecule has 1 aliphatic heterocycles. The number of likely N-dealkylation sites (N-methyl/N-ethyl adjacent to an activating group) is 2. The van der Waals surface area contributed by atoms with Crippen LogP contribution < -0.4 is 11.1 Å². The van der Waals surface area contributed by atoms with Crippen LogP contribution in [0.3, 0.4) is 0 Å². The Labute approximate surface area is 247 Å². The number of rotatable bonds is 4. The highest BCUT2D eigenvalue weighted by Gasteiger charge is 2.69. The zero-order chi connectivity index (χ0) is 31.8. The summed E-state index contributed by atoms with van der Waals surface area (Å²) in [5.74, 6) is -5.72. The van der Waals surface area contributed by atoms with Crippen LogP contribution in [0.5, 0.6) is 5.75 Å². The van der Waals surface area contributed by atoms with Gasteiger partial charge >= 0.3 is 6.18 Å². The van der Waals surface area contributed by atoms with Gasteiger partial charge in [-0.1, -0.05) is 12.6 Å². The summed E-state index contributed by atoms with van der Waals surface area (Å²) in [7, 11) is 4.32. The monoisotopic (exact) mass is 606 g/mol. The molecule has 1 aromatic carbocycles. The van der Waals surface area contributed by atoms with Crippen LogP contribution in [0.1, 0.15) is 36.0 Å². The number of nitrogens with one attached hydrogen (secondary N) is 1. The molecular formula is C30H37F3N4O6. The van der Waals surface area contributed by atoms with E-state index in [1.54, 1.807) is 6.07 Å². The third kappa shape index (κ3) is 4.47. The molecule has 13 heteroatoms. The van der Waals surface area contributed by atoms with Gasteiger partial charge in [0.05, 0.1) is 17.5 Å². The lowest BCUT2D eigenvalue weighted by Crippen LogP contribution is -2.78. The summed E-state index contributed by atoms with van der Waals surface area (Å²) in [6, 6.07) is 1.84. The van der Waals surface area contributed by atoms with E-state index in [4.69, 9.17) is 5.73 Å². The van der Waals surface area contributed by atoms with Crippen molar-refractivity contribution in [1.82, 2.24) is 15.1 Å². The largest absolute Gasteiger partial charge is 0.508 e. The van der Waals surface area contributed by atoms with Crippen LogP contribution in [-0.2, 0) is 22.6 Å². The number of fused-ring (bicyclic) bond motifs is 3. The minimum absolute atomic E-state index is 0.0108. The van der Waals surface area contributed by atoms with Crippen molar-refractivity contribution in [2.24, 2.45) is 17.6 Å². The first-order valence-electron chi connectivity index (χ1n) is 14.1. The molecule has 5 rings (SSSR count). The maximum absolute atomic E-state index is 13.6. The van der Waals surface area contributed by atoms with E-state index in [1.807, 2.05) is 4.90 Å². The standard InChI is InChI=1S/C30H37F3N4O6/c1-14-20-16(11-18-15(5-6-19(38)21(14)18)13-37-9-7-17(8-10-37)30(31,32)33)12-28(34)24(36(3)4)23(39)22(27(42)35-2)26(41)29(28,43)25(20)40/h5-6,16-17,24,38,40-41,43H,1,7-13,34H2,2-4H3,(H,35,42)/t16-,24?,28+,29-/m0/s1. The van der Waals surface area contributed by atoms with Gasteiger partial charge in [0.25, 0.3) is 5.91 Å². The van der Waals surface area contributed by atoms with Gasteiger partial charge in [0.2, 0.25) is 0 Å². The van der Waals surface area contributed by atoms with E-state index in [0.717, 1.165) is 5.56 Å². The topological polar surface area (TPSA) is 160 Å². The molecule has 1 fully saturated rings. The Balaban J connectivity index is 1.60. The number of carbonyl (C=O) groups is 2. The molecule has 10 nitrogen and oxygen atoms in total. The molecule has 1 unspecified atom stereocenters. The van der Waals surface area contributed by atoms with Gasteiger partial charge in [-0.2, -0.15) is 13.2 Å². The summed E-state index contributed by atoms with van der Waals surface area (Å²) < 4.78 is 39.6. The number of phenolic OH excluding ortho intramolecular Hbond substituents is 1. The number of piperidine rings is 1. The van der Waals surface area contributed by atoms with Crippen molar-refractivity contribution in [3.05, 3.63) is 58.1 Å². The van der Waals surface area contributed by atoms with Crippen molar-refractivity contribution in [1.29, 1.82) is 0 Å². The molecule has 0 bridgehead atoms. The number of ketones is 1. The van der Waals surface area contributed by atoms with Gasteiger partial charge in [-0.15, -0.1) is 0 Å². The van der Waals surface area contributed by atoms with E-state index < -0.39 is 64.0 Å². The Bertz CT molecular complexity index is 1460. The average Bonchev–Trinajstić information content (AvgIpc) is 2.92. The number of hydrogen-bond acceptors (Lipinski definition) is 9. The smallest absolute Gasteiger partial charge is 0.391 e. The van der Waals surface area contributed by atoms with Crippen LogP contribution in [0.15, 0.2) is 41.4 Å². The highest BCUT2D eigenvalue weighted by molar-refractivity contribution is 6.23. The van der Waals surface area contributed by atoms with Gasteiger partial charge in [0, 0.05) is 24.7 Å². The van der Waals surface area contributed by atoms with Crippen LogP contribution in [0.25, 0.3) is 5.57 Å². The number of amides is 1. The van der Waals surface area contributed by atoms with Gasteiger partial charge in [0.15, 0.2) is 17.1 Å². The van der Waals surface area contributed by atoms with Gasteiger partial charge < -0.3 is 31.5 Å². The van der Waals surface area contributed by atoms with Crippen molar-refractivity contribution in [2.45, 2.75) is 55.6 Å². The fraction of sp³-hybridized carbons (Fsp3) is 0.533. The number of likely N-dealkylation sites (tertiary alicyclic amines) is 1. The molecule has 4 aliphatic rings. The molecule has 1 saturated heterocycles. The number of Topliss-reactive ketones (excluding diaryl/α,β-unsaturated/α-hetero) is 1. The summed E-state index contributed by atoms with van der Waals surface area (Å²) in [5.41, 5.74) is 3.44. The second-order valence-corrected chi connectivity index (χ2v) is 12.3. The van der Waals surface area contributed by atoms with Gasteiger partial charge in [-0.25, -0.2) is 0 Å². The number of benzene rings is 1. The van der Waals surface area contributed by atoms with Crippen molar-refractivity contribution in [2.75, 3.05) is 34.2 Å². The fourth-order valence-corrected chi connectivity index (χ4v) is 7.62. The van der Waals surface area contributed by atoms with Gasteiger partial charge in [0.1, 0.15) is 17.1 Å². The maximum atomic E-state index is 13.6. The lowest BCUT2D eigenvalue weighted by atomic mass is 9.54. The highest BCUT2D eigenvalue weighted by atomic mass is 19.4. The maximum Gasteiger partial charge on any atom is 0.391 e. The summed E-state index contributed by atoms with van der Waals surface area (Å²) >= 11 is 0. The molecule has 0 aromatic heterocycles. The summed E-state index contributed by atoms with van der Waals surface area (Å²) in [5, 5.41) is 48.2. The quantitative estimate of drug-likeness (QED) is 0.282. The second-order valence-electron chi connectivity index (χ2n) is 12.3. The van der Waals surface area contributed by atoms with Crippen molar-refractivity contribution < 1.29 is 43.2 Å². The molecule has 1 amide bonds. The number of nitrogens with zero attached hydrogens (tertiary/aromatic N) is 2. The molecule has 4 atom stereocenters. The Morgan fingerprint density at radius 2 is 1.81 bits per heavy atom. The molecule has 1 heterocycles. The van der Waals surface area contributed by atoms with E-state index in [-0.39, 0.29) is 55.7 Å². The molecule has 0 saturated carbocycles. The van der Waals surface area contributed by atoms with E-state index in [1.165, 1.54) is 32.1 Å². The number of phenols is 1. The molecule has 234 valence electrons. The average molecular weight is 607 g/mol.